The Bertz CT molecular complexity index is 902. The third-order valence-corrected chi connectivity index (χ3v) is 5.65. The van der Waals surface area contributed by atoms with Gasteiger partial charge in [-0.3, -0.25) is 14.4 Å². The van der Waals surface area contributed by atoms with Gasteiger partial charge in [-0.2, -0.15) is 0 Å². The lowest BCUT2D eigenvalue weighted by Crippen LogP contribution is -2.32. The summed E-state index contributed by atoms with van der Waals surface area (Å²) in [6.07, 6.45) is -0.776. The van der Waals surface area contributed by atoms with Crippen LogP contribution in [0.15, 0.2) is 53.0 Å². The summed E-state index contributed by atoms with van der Waals surface area (Å²) < 4.78 is 6.38. The predicted molar refractivity (Wildman–Crippen MR) is 116 cm³/mol. The van der Waals surface area contributed by atoms with E-state index in [4.69, 9.17) is 27.9 Å². The van der Waals surface area contributed by atoms with E-state index < -0.39 is 18.0 Å². The van der Waals surface area contributed by atoms with Crippen LogP contribution in [0.3, 0.4) is 0 Å². The van der Waals surface area contributed by atoms with Gasteiger partial charge in [0, 0.05) is 46.0 Å². The SMILES string of the molecule is O=C(O[C@@H](CCCl)C(=O)c1ccc(Cl)cc1)[C@H]1CC(=O)N(c2ccc(Br)cc2)C1. The molecule has 1 aliphatic rings. The van der Waals surface area contributed by atoms with E-state index >= 15 is 0 Å². The van der Waals surface area contributed by atoms with Gasteiger partial charge in [-0.05, 0) is 48.5 Å². The highest BCUT2D eigenvalue weighted by molar-refractivity contribution is 9.10. The number of amides is 1. The van der Waals surface area contributed by atoms with Crippen LogP contribution in [-0.4, -0.2) is 36.2 Å². The molecular formula is C21H18BrCl2NO4. The molecule has 0 spiro atoms. The van der Waals surface area contributed by atoms with Crippen LogP contribution in [0.2, 0.25) is 5.02 Å². The topological polar surface area (TPSA) is 63.7 Å². The number of ether oxygens (including phenoxy) is 1. The number of Topliss-reactive ketones (excluding diaryl/α,β-unsaturated/α-hetero) is 1. The fourth-order valence-corrected chi connectivity index (χ4v) is 3.70. The van der Waals surface area contributed by atoms with Crippen molar-refractivity contribution in [3.63, 3.8) is 0 Å². The molecule has 152 valence electrons. The molecule has 2 aromatic carbocycles. The van der Waals surface area contributed by atoms with E-state index in [1.165, 1.54) is 0 Å². The van der Waals surface area contributed by atoms with Crippen LogP contribution in [-0.2, 0) is 14.3 Å². The Kier molecular flexibility index (Phi) is 7.33. The quantitative estimate of drug-likeness (QED) is 0.310. The van der Waals surface area contributed by atoms with E-state index in [-0.39, 0.29) is 37.0 Å². The molecule has 0 saturated carbocycles. The monoisotopic (exact) mass is 497 g/mol. The molecule has 2 atom stereocenters. The lowest BCUT2D eigenvalue weighted by Gasteiger charge is -2.19. The number of carbonyl (C=O) groups excluding carboxylic acids is 3. The lowest BCUT2D eigenvalue weighted by molar-refractivity contribution is -0.151. The molecule has 3 rings (SSSR count). The predicted octanol–water partition coefficient (Wildman–Crippen LogP) is 4.88. The number of nitrogens with zero attached hydrogens (tertiary/aromatic N) is 1. The maximum absolute atomic E-state index is 12.7. The van der Waals surface area contributed by atoms with E-state index in [0.29, 0.717) is 16.3 Å². The molecule has 0 N–H and O–H groups in total. The first-order chi connectivity index (χ1) is 13.9. The number of halogens is 3. The Morgan fingerprint density at radius 3 is 2.41 bits per heavy atom. The third-order valence-electron chi connectivity index (χ3n) is 4.65. The van der Waals surface area contributed by atoms with Crippen molar-refractivity contribution in [2.75, 3.05) is 17.3 Å². The van der Waals surface area contributed by atoms with Gasteiger partial charge in [0.25, 0.3) is 0 Å². The summed E-state index contributed by atoms with van der Waals surface area (Å²) in [7, 11) is 0. The Hall–Kier alpha value is -1.89. The zero-order valence-electron chi connectivity index (χ0n) is 15.3. The second-order valence-corrected chi connectivity index (χ2v) is 8.39. The summed E-state index contributed by atoms with van der Waals surface area (Å²) in [4.78, 5) is 39.3. The number of benzene rings is 2. The van der Waals surface area contributed by atoms with Gasteiger partial charge in [0.2, 0.25) is 11.7 Å². The van der Waals surface area contributed by atoms with Crippen LogP contribution in [0.1, 0.15) is 23.2 Å². The lowest BCUT2D eigenvalue weighted by atomic mass is 10.0. The smallest absolute Gasteiger partial charge is 0.312 e. The van der Waals surface area contributed by atoms with Crippen molar-refractivity contribution in [1.29, 1.82) is 0 Å². The summed E-state index contributed by atoms with van der Waals surface area (Å²) in [6, 6.07) is 13.6. The van der Waals surface area contributed by atoms with Gasteiger partial charge in [0.15, 0.2) is 6.10 Å². The zero-order valence-corrected chi connectivity index (χ0v) is 18.4. The fraction of sp³-hybridized carbons (Fsp3) is 0.286. The summed E-state index contributed by atoms with van der Waals surface area (Å²) in [5.74, 6) is -1.55. The van der Waals surface area contributed by atoms with E-state index in [1.54, 1.807) is 41.3 Å². The summed E-state index contributed by atoms with van der Waals surface area (Å²) >= 11 is 15.0. The molecule has 0 unspecified atom stereocenters. The number of hydrogen-bond donors (Lipinski definition) is 0. The standard InChI is InChI=1S/C21H18BrCl2NO4/c22-15-3-7-17(8-4-15)25-12-14(11-19(25)26)21(28)29-18(9-10-23)20(27)13-1-5-16(24)6-2-13/h1-8,14,18H,9-12H2/t14-,18-/m0/s1. The Morgan fingerprint density at radius 2 is 1.79 bits per heavy atom. The molecule has 1 aliphatic heterocycles. The maximum atomic E-state index is 12.7. The van der Waals surface area contributed by atoms with Crippen molar-refractivity contribution < 1.29 is 19.1 Å². The van der Waals surface area contributed by atoms with Crippen molar-refractivity contribution >= 4 is 62.5 Å². The van der Waals surface area contributed by atoms with Gasteiger partial charge in [-0.25, -0.2) is 0 Å². The number of hydrogen-bond acceptors (Lipinski definition) is 4. The molecule has 2 aromatic rings. The third kappa shape index (κ3) is 5.38. The normalized spacial score (nSPS) is 17.3. The number of carbonyl (C=O) groups is 3. The molecule has 1 saturated heterocycles. The summed E-state index contributed by atoms with van der Waals surface area (Å²) in [5, 5.41) is 0.505. The van der Waals surface area contributed by atoms with Gasteiger partial charge in [-0.1, -0.05) is 27.5 Å². The molecule has 0 bridgehead atoms. The van der Waals surface area contributed by atoms with Crippen LogP contribution in [0.25, 0.3) is 0 Å². The Morgan fingerprint density at radius 1 is 1.14 bits per heavy atom. The first kappa shape index (κ1) is 21.8. The average Bonchev–Trinajstić information content (AvgIpc) is 3.10. The van der Waals surface area contributed by atoms with Gasteiger partial charge in [-0.15, -0.1) is 11.6 Å². The van der Waals surface area contributed by atoms with Crippen molar-refractivity contribution in [2.24, 2.45) is 5.92 Å². The number of esters is 1. The van der Waals surface area contributed by atoms with Crippen molar-refractivity contribution in [2.45, 2.75) is 18.9 Å². The molecule has 1 heterocycles. The summed E-state index contributed by atoms with van der Waals surface area (Å²) in [6.45, 7) is 0.210. The van der Waals surface area contributed by atoms with Gasteiger partial charge in [0.05, 0.1) is 5.92 Å². The second-order valence-electron chi connectivity index (χ2n) is 6.66. The minimum atomic E-state index is -1.00. The van der Waals surface area contributed by atoms with Crippen LogP contribution < -0.4 is 4.90 Å². The van der Waals surface area contributed by atoms with Crippen LogP contribution in [0, 0.1) is 5.92 Å². The van der Waals surface area contributed by atoms with Crippen molar-refractivity contribution in [1.82, 2.24) is 0 Å². The zero-order chi connectivity index (χ0) is 21.0. The molecule has 0 radical (unpaired) electrons. The van der Waals surface area contributed by atoms with Crippen molar-refractivity contribution in [3.05, 3.63) is 63.6 Å². The van der Waals surface area contributed by atoms with Crippen molar-refractivity contribution in [3.8, 4) is 0 Å². The average molecular weight is 499 g/mol. The molecule has 1 fully saturated rings. The Labute approximate surface area is 187 Å². The highest BCUT2D eigenvalue weighted by Crippen LogP contribution is 2.28. The molecule has 0 aliphatic carbocycles. The van der Waals surface area contributed by atoms with E-state index in [1.807, 2.05) is 12.1 Å². The van der Waals surface area contributed by atoms with Crippen LogP contribution >= 0.6 is 39.1 Å². The fourth-order valence-electron chi connectivity index (χ4n) is 3.12. The van der Waals surface area contributed by atoms with Crippen LogP contribution in [0.5, 0.6) is 0 Å². The first-order valence-electron chi connectivity index (χ1n) is 9.01. The van der Waals surface area contributed by atoms with E-state index in [0.717, 1.165) is 4.47 Å². The largest absolute Gasteiger partial charge is 0.454 e. The minimum Gasteiger partial charge on any atom is -0.454 e. The minimum absolute atomic E-state index is 0.0393. The molecule has 5 nitrogen and oxygen atoms in total. The highest BCUT2D eigenvalue weighted by Gasteiger charge is 2.38. The molecule has 1 amide bonds. The number of rotatable bonds is 7. The Balaban J connectivity index is 1.68. The molecule has 29 heavy (non-hydrogen) atoms. The number of ketones is 1. The number of anilines is 1. The molecule has 8 heteroatoms. The van der Waals surface area contributed by atoms with E-state index in [9.17, 15) is 14.4 Å². The van der Waals surface area contributed by atoms with Gasteiger partial charge in [0.1, 0.15) is 0 Å². The first-order valence-corrected chi connectivity index (χ1v) is 10.7. The van der Waals surface area contributed by atoms with E-state index in [2.05, 4.69) is 15.9 Å². The van der Waals surface area contributed by atoms with Gasteiger partial charge >= 0.3 is 5.97 Å². The highest BCUT2D eigenvalue weighted by atomic mass is 79.9. The van der Waals surface area contributed by atoms with Crippen LogP contribution in [0.4, 0.5) is 5.69 Å². The maximum Gasteiger partial charge on any atom is 0.312 e. The second kappa shape index (κ2) is 9.74. The number of alkyl halides is 1. The summed E-state index contributed by atoms with van der Waals surface area (Å²) in [5.41, 5.74) is 1.10. The molecular weight excluding hydrogens is 481 g/mol. The van der Waals surface area contributed by atoms with Gasteiger partial charge < -0.3 is 9.64 Å². The molecule has 0 aromatic heterocycles.